The molecule has 0 aliphatic carbocycles. The van der Waals surface area contributed by atoms with Crippen molar-refractivity contribution in [1.82, 2.24) is 19.7 Å². The molecule has 2 aromatic rings. The Morgan fingerprint density at radius 2 is 1.59 bits per heavy atom. The third-order valence-electron chi connectivity index (χ3n) is 5.55. The Labute approximate surface area is 195 Å². The second-order valence-corrected chi connectivity index (χ2v) is 9.05. The number of para-hydroxylation sites is 1. The van der Waals surface area contributed by atoms with Crippen LogP contribution in [0.15, 0.2) is 35.1 Å². The molecule has 4 amide bonds. The Bertz CT molecular complexity index is 1270. The van der Waals surface area contributed by atoms with Crippen LogP contribution >= 0.6 is 0 Å². The van der Waals surface area contributed by atoms with Gasteiger partial charge in [-0.2, -0.15) is 0 Å². The largest absolute Gasteiger partial charge is 0.444 e. The molecule has 11 nitrogen and oxygen atoms in total. The number of carbonyl (C=O) groups excluding carboxylic acids is 4. The van der Waals surface area contributed by atoms with Crippen molar-refractivity contribution in [1.29, 1.82) is 0 Å². The molecule has 1 aromatic heterocycles. The van der Waals surface area contributed by atoms with Crippen molar-refractivity contribution in [2.24, 2.45) is 0 Å². The summed E-state index contributed by atoms with van der Waals surface area (Å²) in [6.07, 6.45) is -0.440. The molecule has 0 unspecified atom stereocenters. The highest BCUT2D eigenvalue weighted by Gasteiger charge is 2.33. The molecule has 0 spiro atoms. The minimum atomic E-state index is -0.701. The number of pyridine rings is 1. The number of anilines is 1. The van der Waals surface area contributed by atoms with E-state index in [9.17, 15) is 24.0 Å². The van der Waals surface area contributed by atoms with Gasteiger partial charge >= 0.3 is 6.09 Å². The summed E-state index contributed by atoms with van der Waals surface area (Å²) in [5.41, 5.74) is 5.08. The van der Waals surface area contributed by atoms with Crippen LogP contribution in [0.4, 0.5) is 10.6 Å². The van der Waals surface area contributed by atoms with Crippen LogP contribution in [0.2, 0.25) is 0 Å². The van der Waals surface area contributed by atoms with Crippen molar-refractivity contribution in [3.05, 3.63) is 57.4 Å². The van der Waals surface area contributed by atoms with Gasteiger partial charge in [-0.15, -0.1) is 0 Å². The van der Waals surface area contributed by atoms with E-state index in [1.165, 1.54) is 0 Å². The zero-order valence-electron chi connectivity index (χ0n) is 19.1. The zero-order chi connectivity index (χ0) is 24.8. The van der Waals surface area contributed by atoms with Gasteiger partial charge in [0.15, 0.2) is 0 Å². The number of carbonyl (C=O) groups is 4. The third kappa shape index (κ3) is 4.12. The van der Waals surface area contributed by atoms with Crippen molar-refractivity contribution in [3.63, 3.8) is 0 Å². The van der Waals surface area contributed by atoms with E-state index in [0.717, 1.165) is 10.6 Å². The minimum absolute atomic E-state index is 0.0918. The van der Waals surface area contributed by atoms with Crippen LogP contribution in [0.3, 0.4) is 0 Å². The number of nitrogens with two attached hydrogens (primary N) is 1. The van der Waals surface area contributed by atoms with E-state index in [2.05, 4.69) is 5.32 Å². The molecule has 11 heteroatoms. The van der Waals surface area contributed by atoms with Gasteiger partial charge in [0.1, 0.15) is 11.4 Å². The summed E-state index contributed by atoms with van der Waals surface area (Å²) in [5.74, 6) is -1.97. The van der Waals surface area contributed by atoms with Crippen LogP contribution in [0.5, 0.6) is 0 Å². The van der Waals surface area contributed by atoms with Crippen LogP contribution in [-0.4, -0.2) is 70.0 Å². The molecule has 3 N–H and O–H groups in total. The predicted octanol–water partition coefficient (Wildman–Crippen LogP) is 0.996. The number of aromatic nitrogens is 1. The number of benzene rings is 1. The lowest BCUT2D eigenvalue weighted by Crippen LogP contribution is -2.51. The van der Waals surface area contributed by atoms with Crippen molar-refractivity contribution in [2.75, 3.05) is 31.9 Å². The fourth-order valence-electron chi connectivity index (χ4n) is 3.97. The van der Waals surface area contributed by atoms with Gasteiger partial charge in [-0.1, -0.05) is 12.1 Å². The molecular weight excluding hydrogens is 442 g/mol. The van der Waals surface area contributed by atoms with Crippen LogP contribution in [0, 0.1) is 0 Å². The number of hydrogen-bond acceptors (Lipinski definition) is 7. The maximum Gasteiger partial charge on any atom is 0.410 e. The lowest BCUT2D eigenvalue weighted by atomic mass is 10.1. The second kappa shape index (κ2) is 8.32. The number of hydrogen-bond donors (Lipinski definition) is 2. The molecule has 1 fully saturated rings. The van der Waals surface area contributed by atoms with E-state index in [-0.39, 0.29) is 47.2 Å². The van der Waals surface area contributed by atoms with Crippen LogP contribution in [0.1, 0.15) is 51.8 Å². The molecule has 178 valence electrons. The summed E-state index contributed by atoms with van der Waals surface area (Å²) in [6.45, 7) is 6.50. The number of ether oxygens (including phenoxy) is 1. The van der Waals surface area contributed by atoms with Crippen molar-refractivity contribution in [2.45, 2.75) is 26.4 Å². The fraction of sp³-hybridized carbons (Fsp3) is 0.348. The maximum absolute atomic E-state index is 13.4. The lowest BCUT2D eigenvalue weighted by molar-refractivity contribution is 0.0140. The van der Waals surface area contributed by atoms with Crippen LogP contribution < -0.4 is 16.6 Å². The molecule has 3 heterocycles. The number of nitrogen functional groups attached to an aromatic ring is 1. The molecule has 0 bridgehead atoms. The van der Waals surface area contributed by atoms with E-state index < -0.39 is 29.1 Å². The SMILES string of the molecule is CC(C)(C)OC(=O)N1CCN(C(=O)c2ccccc2-n2c(N)c3c(cc2=O)C(=O)NC3=O)CC1. The van der Waals surface area contributed by atoms with Crippen LogP contribution in [-0.2, 0) is 4.74 Å². The van der Waals surface area contributed by atoms with E-state index in [0.29, 0.717) is 13.1 Å². The summed E-state index contributed by atoms with van der Waals surface area (Å²) < 4.78 is 6.45. The Hall–Kier alpha value is -4.15. The maximum atomic E-state index is 13.4. The summed E-state index contributed by atoms with van der Waals surface area (Å²) in [4.78, 5) is 65.8. The van der Waals surface area contributed by atoms with Crippen molar-refractivity contribution < 1.29 is 23.9 Å². The van der Waals surface area contributed by atoms with E-state index in [1.807, 2.05) is 0 Å². The first-order valence-electron chi connectivity index (χ1n) is 10.8. The second-order valence-electron chi connectivity index (χ2n) is 9.05. The Morgan fingerprint density at radius 1 is 0.971 bits per heavy atom. The minimum Gasteiger partial charge on any atom is -0.444 e. The first-order chi connectivity index (χ1) is 16.0. The number of piperazine rings is 1. The number of fused-ring (bicyclic) bond motifs is 1. The molecule has 34 heavy (non-hydrogen) atoms. The molecule has 1 saturated heterocycles. The van der Waals surface area contributed by atoms with E-state index in [4.69, 9.17) is 10.5 Å². The highest BCUT2D eigenvalue weighted by atomic mass is 16.6. The van der Waals surface area contributed by atoms with Gasteiger partial charge in [0.2, 0.25) is 0 Å². The van der Waals surface area contributed by atoms with Gasteiger partial charge in [0, 0.05) is 32.2 Å². The number of amides is 4. The fourth-order valence-corrected chi connectivity index (χ4v) is 3.97. The molecule has 2 aliphatic rings. The number of rotatable bonds is 2. The average Bonchev–Trinajstić information content (AvgIpc) is 3.05. The topological polar surface area (TPSA) is 144 Å². The zero-order valence-corrected chi connectivity index (χ0v) is 19.1. The smallest absolute Gasteiger partial charge is 0.410 e. The Kier molecular flexibility index (Phi) is 5.64. The molecule has 0 radical (unpaired) electrons. The first-order valence-corrected chi connectivity index (χ1v) is 10.8. The molecule has 2 aliphatic heterocycles. The average molecular weight is 467 g/mol. The predicted molar refractivity (Wildman–Crippen MR) is 122 cm³/mol. The van der Waals surface area contributed by atoms with Gasteiger partial charge < -0.3 is 20.3 Å². The Balaban J connectivity index is 1.62. The quantitative estimate of drug-likeness (QED) is 0.627. The van der Waals surface area contributed by atoms with Crippen molar-refractivity contribution in [3.8, 4) is 5.69 Å². The van der Waals surface area contributed by atoms with E-state index >= 15 is 0 Å². The van der Waals surface area contributed by atoms with Gasteiger partial charge in [-0.3, -0.25) is 29.1 Å². The standard InChI is InChI=1S/C23H25N5O6/c1-23(2,3)34-22(33)27-10-8-26(9-11-27)21(32)13-6-4-5-7-15(13)28-16(29)12-14-17(18(28)24)20(31)25-19(14)30/h4-7,12H,8-11,24H2,1-3H3,(H,25,30,31). The lowest BCUT2D eigenvalue weighted by Gasteiger charge is -2.35. The molecular formula is C23H25N5O6. The highest BCUT2D eigenvalue weighted by Crippen LogP contribution is 2.25. The Morgan fingerprint density at radius 3 is 2.24 bits per heavy atom. The van der Waals surface area contributed by atoms with Gasteiger partial charge in [0.25, 0.3) is 23.3 Å². The number of imide groups is 1. The summed E-state index contributed by atoms with van der Waals surface area (Å²) >= 11 is 0. The molecule has 0 saturated carbocycles. The normalized spacial score (nSPS) is 15.7. The summed E-state index contributed by atoms with van der Waals surface area (Å²) in [6, 6.07) is 7.42. The molecule has 4 rings (SSSR count). The summed E-state index contributed by atoms with van der Waals surface area (Å²) in [5, 5.41) is 2.12. The molecule has 0 atom stereocenters. The molecule has 1 aromatic carbocycles. The van der Waals surface area contributed by atoms with Crippen molar-refractivity contribution >= 4 is 29.6 Å². The number of nitrogens with zero attached hydrogens (tertiary/aromatic N) is 3. The number of nitrogens with one attached hydrogen (secondary N) is 1. The van der Waals surface area contributed by atoms with Gasteiger partial charge in [0.05, 0.1) is 22.4 Å². The third-order valence-corrected chi connectivity index (χ3v) is 5.55. The van der Waals surface area contributed by atoms with Gasteiger partial charge in [-0.05, 0) is 32.9 Å². The summed E-state index contributed by atoms with van der Waals surface area (Å²) in [7, 11) is 0. The van der Waals surface area contributed by atoms with Gasteiger partial charge in [-0.25, -0.2) is 4.79 Å². The van der Waals surface area contributed by atoms with E-state index in [1.54, 1.807) is 54.8 Å². The van der Waals surface area contributed by atoms with Crippen LogP contribution in [0.25, 0.3) is 5.69 Å². The monoisotopic (exact) mass is 467 g/mol. The first kappa shape index (κ1) is 23.0. The highest BCUT2D eigenvalue weighted by molar-refractivity contribution is 6.23.